The Balaban J connectivity index is 1.66. The van der Waals surface area contributed by atoms with Gasteiger partial charge in [0.25, 0.3) is 0 Å². The summed E-state index contributed by atoms with van der Waals surface area (Å²) in [5.41, 5.74) is 6.47. The van der Waals surface area contributed by atoms with Gasteiger partial charge in [-0.1, -0.05) is 36.7 Å². The number of pyridine rings is 1. The first kappa shape index (κ1) is 26.7. The second-order valence-corrected chi connectivity index (χ2v) is 10.2. The molecule has 0 saturated carbocycles. The van der Waals surface area contributed by atoms with Crippen LogP contribution in [0.15, 0.2) is 72.9 Å². The molecule has 200 valence electrons. The van der Waals surface area contributed by atoms with Crippen molar-refractivity contribution in [2.45, 2.75) is 39.3 Å². The van der Waals surface area contributed by atoms with E-state index in [1.807, 2.05) is 67.6 Å². The van der Waals surface area contributed by atoms with Gasteiger partial charge in [0.05, 0.1) is 41.3 Å². The summed E-state index contributed by atoms with van der Waals surface area (Å²) in [7, 11) is 1.59. The number of thiocarbonyl (C=S) groups is 1. The number of hydrogen-bond acceptors (Lipinski definition) is 4. The molecule has 2 aromatic carbocycles. The minimum absolute atomic E-state index is 0.0838. The van der Waals surface area contributed by atoms with Gasteiger partial charge in [-0.2, -0.15) is 0 Å². The summed E-state index contributed by atoms with van der Waals surface area (Å²) in [4.78, 5) is 18.8. The number of nitrogens with one attached hydrogen (secondary N) is 2. The topological polar surface area (TPSA) is 71.4 Å². The van der Waals surface area contributed by atoms with E-state index in [4.69, 9.17) is 28.6 Å². The first-order valence-corrected chi connectivity index (χ1v) is 13.5. The Hall–Kier alpha value is -3.88. The Morgan fingerprint density at radius 2 is 1.90 bits per heavy atom. The third-order valence-corrected chi connectivity index (χ3v) is 7.67. The predicted molar refractivity (Wildman–Crippen MR) is 160 cm³/mol. The molecule has 0 radical (unpaired) electrons. The lowest BCUT2D eigenvalue weighted by Gasteiger charge is -2.29. The molecular weight excluding hydrogens is 530 g/mol. The van der Waals surface area contributed by atoms with Crippen LogP contribution >= 0.6 is 23.8 Å². The molecule has 4 aromatic rings. The van der Waals surface area contributed by atoms with Crippen LogP contribution in [0.4, 0.5) is 11.4 Å². The zero-order valence-electron chi connectivity index (χ0n) is 22.2. The fourth-order valence-electron chi connectivity index (χ4n) is 5.21. The van der Waals surface area contributed by atoms with Gasteiger partial charge >= 0.3 is 0 Å². The Morgan fingerprint density at radius 1 is 1.13 bits per heavy atom. The van der Waals surface area contributed by atoms with Crippen molar-refractivity contribution >= 4 is 46.2 Å². The van der Waals surface area contributed by atoms with E-state index in [9.17, 15) is 4.79 Å². The minimum atomic E-state index is -0.212. The van der Waals surface area contributed by atoms with Crippen LogP contribution in [0.2, 0.25) is 5.02 Å². The lowest BCUT2D eigenvalue weighted by atomic mass is 9.96. The fourth-order valence-corrected chi connectivity index (χ4v) is 5.78. The Morgan fingerprint density at radius 3 is 2.59 bits per heavy atom. The number of carbonyl (C=O) groups is 1. The summed E-state index contributed by atoms with van der Waals surface area (Å²) in [6.45, 7) is 5.99. The number of ether oxygens (including phenoxy) is 1. The molecule has 1 saturated heterocycles. The van der Waals surface area contributed by atoms with E-state index in [1.165, 1.54) is 0 Å². The van der Waals surface area contributed by atoms with Gasteiger partial charge in [0, 0.05) is 35.8 Å². The van der Waals surface area contributed by atoms with Gasteiger partial charge in [0.15, 0.2) is 5.11 Å². The number of hydrogen-bond donors (Lipinski definition) is 2. The molecule has 0 unspecified atom stereocenters. The molecule has 39 heavy (non-hydrogen) atoms. The SMILES string of the molecule is CCC(=O)Nc1ccc(N2C(=S)N[C@@H](c3ccccn3)[C@H]2c2cc(C)n(-c3ccccc3Cl)c2C)cc1OC. The van der Waals surface area contributed by atoms with Crippen molar-refractivity contribution in [2.24, 2.45) is 0 Å². The van der Waals surface area contributed by atoms with Crippen LogP contribution in [-0.2, 0) is 4.79 Å². The Bertz CT molecular complexity index is 1540. The van der Waals surface area contributed by atoms with E-state index in [0.29, 0.717) is 28.0 Å². The predicted octanol–water partition coefficient (Wildman–Crippen LogP) is 6.68. The minimum Gasteiger partial charge on any atom is -0.494 e. The van der Waals surface area contributed by atoms with E-state index >= 15 is 0 Å². The quantitative estimate of drug-likeness (QED) is 0.246. The first-order valence-electron chi connectivity index (χ1n) is 12.8. The lowest BCUT2D eigenvalue weighted by molar-refractivity contribution is -0.115. The molecule has 2 N–H and O–H groups in total. The van der Waals surface area contributed by atoms with Crippen LogP contribution in [0, 0.1) is 13.8 Å². The lowest BCUT2D eigenvalue weighted by Crippen LogP contribution is -2.29. The van der Waals surface area contributed by atoms with Gasteiger partial charge < -0.3 is 24.8 Å². The molecule has 1 aliphatic rings. The number of benzene rings is 2. The maximum Gasteiger partial charge on any atom is 0.224 e. The van der Waals surface area contributed by atoms with E-state index in [1.54, 1.807) is 13.3 Å². The average molecular weight is 560 g/mol. The summed E-state index contributed by atoms with van der Waals surface area (Å²) in [6.07, 6.45) is 2.17. The molecule has 1 fully saturated rings. The Labute approximate surface area is 238 Å². The van der Waals surface area contributed by atoms with Crippen LogP contribution in [0.5, 0.6) is 5.75 Å². The summed E-state index contributed by atoms with van der Waals surface area (Å²) in [5.74, 6) is 0.471. The highest BCUT2D eigenvalue weighted by molar-refractivity contribution is 7.80. The molecule has 7 nitrogen and oxygen atoms in total. The van der Waals surface area contributed by atoms with Gasteiger partial charge in [0.1, 0.15) is 5.75 Å². The average Bonchev–Trinajstić information content (AvgIpc) is 3.44. The second-order valence-electron chi connectivity index (χ2n) is 9.40. The van der Waals surface area contributed by atoms with Gasteiger partial charge in [-0.3, -0.25) is 9.78 Å². The zero-order chi connectivity index (χ0) is 27.7. The molecule has 1 amide bonds. The molecular formula is C30H30ClN5O2S. The Kier molecular flexibility index (Phi) is 7.59. The molecule has 0 spiro atoms. The number of para-hydroxylation sites is 1. The summed E-state index contributed by atoms with van der Waals surface area (Å²) in [5, 5.41) is 7.67. The molecule has 2 aromatic heterocycles. The number of aryl methyl sites for hydroxylation is 1. The first-order chi connectivity index (χ1) is 18.8. The van der Waals surface area contributed by atoms with Crippen molar-refractivity contribution in [3.63, 3.8) is 0 Å². The number of rotatable bonds is 7. The number of aromatic nitrogens is 2. The van der Waals surface area contributed by atoms with Crippen molar-refractivity contribution < 1.29 is 9.53 Å². The molecule has 2 atom stereocenters. The van der Waals surface area contributed by atoms with Gasteiger partial charge in [-0.15, -0.1) is 0 Å². The third-order valence-electron chi connectivity index (χ3n) is 7.04. The number of halogens is 1. The van der Waals surface area contributed by atoms with Crippen LogP contribution in [0.1, 0.15) is 48.1 Å². The van der Waals surface area contributed by atoms with E-state index in [2.05, 4.69) is 45.0 Å². The van der Waals surface area contributed by atoms with Gasteiger partial charge in [0.2, 0.25) is 5.91 Å². The largest absolute Gasteiger partial charge is 0.494 e. The van der Waals surface area contributed by atoms with Crippen molar-refractivity contribution in [2.75, 3.05) is 17.3 Å². The van der Waals surface area contributed by atoms with Gasteiger partial charge in [-0.25, -0.2) is 0 Å². The summed E-state index contributed by atoms with van der Waals surface area (Å²) >= 11 is 12.5. The maximum absolute atomic E-state index is 12.1. The van der Waals surface area contributed by atoms with Crippen molar-refractivity contribution in [3.05, 3.63) is 101 Å². The third kappa shape index (κ3) is 4.97. The summed E-state index contributed by atoms with van der Waals surface area (Å²) < 4.78 is 7.84. The molecule has 9 heteroatoms. The van der Waals surface area contributed by atoms with Crippen LogP contribution in [0.3, 0.4) is 0 Å². The van der Waals surface area contributed by atoms with Crippen LogP contribution < -0.4 is 20.3 Å². The fraction of sp³-hybridized carbons (Fsp3) is 0.233. The standard InChI is InChI=1S/C30H30ClN5O2S/c1-5-27(37)33-23-14-13-20(17-26(23)38-4)36-29(28(34-30(36)39)24-11-8-9-15-32-24)21-16-18(2)35(19(21)3)25-12-7-6-10-22(25)31/h6-17,28-29H,5H2,1-4H3,(H,33,37)(H,34,39)/t28-,29+/m0/s1. The number of amides is 1. The van der Waals surface area contributed by atoms with Crippen LogP contribution in [-0.4, -0.2) is 27.7 Å². The molecule has 5 rings (SSSR count). The zero-order valence-corrected chi connectivity index (χ0v) is 23.8. The smallest absolute Gasteiger partial charge is 0.224 e. The van der Waals surface area contributed by atoms with E-state index in [0.717, 1.165) is 34.0 Å². The number of nitrogens with zero attached hydrogens (tertiary/aromatic N) is 3. The highest BCUT2D eigenvalue weighted by atomic mass is 35.5. The van der Waals surface area contributed by atoms with Crippen molar-refractivity contribution in [3.8, 4) is 11.4 Å². The van der Waals surface area contributed by atoms with Gasteiger partial charge in [-0.05, 0) is 74.1 Å². The number of methoxy groups -OCH3 is 1. The highest BCUT2D eigenvalue weighted by Gasteiger charge is 2.42. The monoisotopic (exact) mass is 559 g/mol. The molecule has 0 aliphatic carbocycles. The van der Waals surface area contributed by atoms with E-state index in [-0.39, 0.29) is 18.0 Å². The van der Waals surface area contributed by atoms with E-state index < -0.39 is 0 Å². The maximum atomic E-state index is 12.1. The normalized spacial score (nSPS) is 16.7. The number of anilines is 2. The molecule has 1 aliphatic heterocycles. The summed E-state index contributed by atoms with van der Waals surface area (Å²) in [6, 6.07) is 21.2. The second kappa shape index (κ2) is 11.1. The highest BCUT2D eigenvalue weighted by Crippen LogP contribution is 2.45. The molecule has 0 bridgehead atoms. The van der Waals surface area contributed by atoms with Crippen LogP contribution in [0.25, 0.3) is 5.69 Å². The van der Waals surface area contributed by atoms with Crippen molar-refractivity contribution in [1.82, 2.24) is 14.9 Å². The number of carbonyl (C=O) groups excluding carboxylic acids is 1. The van der Waals surface area contributed by atoms with Crippen molar-refractivity contribution in [1.29, 1.82) is 0 Å². The molecule has 3 heterocycles.